The lowest BCUT2D eigenvalue weighted by Gasteiger charge is -2.27. The fraction of sp³-hybridized carbons (Fsp3) is 0.367. The van der Waals surface area contributed by atoms with Crippen LogP contribution in [0.4, 0.5) is 4.79 Å². The third kappa shape index (κ3) is 8.04. The van der Waals surface area contributed by atoms with Gasteiger partial charge < -0.3 is 25.1 Å². The number of hydrogen-bond acceptors (Lipinski definition) is 9. The van der Waals surface area contributed by atoms with Crippen molar-refractivity contribution >= 4 is 17.9 Å². The molecule has 1 aliphatic carbocycles. The Morgan fingerprint density at radius 1 is 1.20 bits per heavy atom. The van der Waals surface area contributed by atoms with E-state index in [1.54, 1.807) is 36.3 Å². The van der Waals surface area contributed by atoms with Gasteiger partial charge in [-0.2, -0.15) is 5.06 Å². The lowest BCUT2D eigenvalue weighted by molar-refractivity contribution is -0.107. The predicted molar refractivity (Wildman–Crippen MR) is 154 cm³/mol. The van der Waals surface area contributed by atoms with Gasteiger partial charge in [0.1, 0.15) is 18.1 Å². The molecule has 0 bridgehead atoms. The largest absolute Gasteiger partial charge is 0.507 e. The van der Waals surface area contributed by atoms with E-state index >= 15 is 0 Å². The first-order valence-corrected chi connectivity index (χ1v) is 14.6. The Labute approximate surface area is 243 Å². The minimum absolute atomic E-state index is 0.0298. The van der Waals surface area contributed by atoms with Crippen LogP contribution in [0.15, 0.2) is 66.2 Å². The monoisotopic (exact) mass is 575 g/mol. The molecule has 2 aliphatic rings. The average Bonchev–Trinajstić information content (AvgIpc) is 3.39. The molecule has 41 heavy (non-hydrogen) atoms. The number of nitrogens with one attached hydrogen (secondary N) is 1. The summed E-state index contributed by atoms with van der Waals surface area (Å²) in [6, 6.07) is 8.76. The zero-order valence-electron chi connectivity index (χ0n) is 22.6. The van der Waals surface area contributed by atoms with Gasteiger partial charge in [-0.25, -0.2) is 9.78 Å². The van der Waals surface area contributed by atoms with Crippen molar-refractivity contribution in [2.75, 3.05) is 19.7 Å². The van der Waals surface area contributed by atoms with Gasteiger partial charge in [0.05, 0.1) is 29.3 Å². The van der Waals surface area contributed by atoms with Crippen LogP contribution in [0.2, 0.25) is 0 Å². The molecule has 3 aromatic rings. The molecule has 1 fully saturated rings. The molecule has 1 unspecified atom stereocenters. The van der Waals surface area contributed by atoms with Crippen LogP contribution < -0.4 is 10.1 Å². The van der Waals surface area contributed by atoms with E-state index in [1.807, 2.05) is 18.3 Å². The molecular weight excluding hydrogens is 542 g/mol. The first kappa shape index (κ1) is 28.5. The Morgan fingerprint density at radius 2 is 2.07 bits per heavy atom. The summed E-state index contributed by atoms with van der Waals surface area (Å²) in [5.41, 5.74) is 2.17. The molecule has 5 rings (SSSR count). The van der Waals surface area contributed by atoms with Crippen LogP contribution in [-0.2, 0) is 11.3 Å². The van der Waals surface area contributed by atoms with Gasteiger partial charge in [-0.1, -0.05) is 35.8 Å². The van der Waals surface area contributed by atoms with Gasteiger partial charge in [0, 0.05) is 36.6 Å². The number of thioether (sulfide) groups is 1. The Hall–Kier alpha value is -3.98. The molecule has 1 aliphatic heterocycles. The third-order valence-electron chi connectivity index (χ3n) is 6.82. The van der Waals surface area contributed by atoms with E-state index in [-0.39, 0.29) is 25.0 Å². The van der Waals surface area contributed by atoms with Crippen LogP contribution in [0.1, 0.15) is 43.4 Å². The molecule has 0 spiro atoms. The SMILES string of the molecule is O=C(NC1CCN(O)CC1)OCC#Cc1ccc(OCc2cnc(SC3C=CCCC3)n2-c2cccnc2)cc1O. The van der Waals surface area contributed by atoms with Crippen molar-refractivity contribution in [3.63, 3.8) is 0 Å². The van der Waals surface area contributed by atoms with Crippen LogP contribution in [0.5, 0.6) is 11.5 Å². The highest BCUT2D eigenvalue weighted by molar-refractivity contribution is 7.99. The number of hydroxylamine groups is 2. The number of allylic oxidation sites excluding steroid dienone is 1. The van der Waals surface area contributed by atoms with Crippen molar-refractivity contribution in [3.05, 3.63) is 72.3 Å². The molecule has 0 radical (unpaired) electrons. The molecule has 10 nitrogen and oxygen atoms in total. The number of ether oxygens (including phenoxy) is 2. The molecule has 1 saturated heterocycles. The number of hydrogen-bond donors (Lipinski definition) is 3. The average molecular weight is 576 g/mol. The van der Waals surface area contributed by atoms with Crippen LogP contribution in [-0.4, -0.2) is 67.0 Å². The summed E-state index contributed by atoms with van der Waals surface area (Å²) >= 11 is 1.73. The number of alkyl carbamates (subject to hydrolysis) is 1. The molecule has 1 aromatic carbocycles. The van der Waals surface area contributed by atoms with E-state index in [1.165, 1.54) is 17.6 Å². The second-order valence-corrected chi connectivity index (χ2v) is 11.0. The van der Waals surface area contributed by atoms with Gasteiger partial charge in [0.25, 0.3) is 0 Å². The summed E-state index contributed by atoms with van der Waals surface area (Å²) < 4.78 is 13.2. The molecular formula is C30H33N5O5S. The third-order valence-corrected chi connectivity index (χ3v) is 8.02. The van der Waals surface area contributed by atoms with Crippen LogP contribution >= 0.6 is 11.8 Å². The molecule has 0 saturated carbocycles. The van der Waals surface area contributed by atoms with Crippen LogP contribution in [0.3, 0.4) is 0 Å². The van der Waals surface area contributed by atoms with E-state index in [9.17, 15) is 15.1 Å². The number of phenolic OH excluding ortho intramolecular Hbond substituents is 1. The number of aromatic nitrogens is 3. The Morgan fingerprint density at radius 3 is 2.83 bits per heavy atom. The molecule has 214 valence electrons. The number of imidazole rings is 1. The van der Waals surface area contributed by atoms with E-state index in [0.29, 0.717) is 42.5 Å². The van der Waals surface area contributed by atoms with Gasteiger partial charge >= 0.3 is 6.09 Å². The van der Waals surface area contributed by atoms with E-state index in [0.717, 1.165) is 29.4 Å². The Bertz CT molecular complexity index is 1410. The number of carbonyl (C=O) groups excluding carboxylic acids is 1. The highest BCUT2D eigenvalue weighted by Gasteiger charge is 2.20. The van der Waals surface area contributed by atoms with Crippen molar-refractivity contribution < 1.29 is 24.6 Å². The van der Waals surface area contributed by atoms with Crippen molar-refractivity contribution in [3.8, 4) is 29.0 Å². The molecule has 3 N–H and O–H groups in total. The lowest BCUT2D eigenvalue weighted by Crippen LogP contribution is -2.43. The second-order valence-electron chi connectivity index (χ2n) is 9.81. The highest BCUT2D eigenvalue weighted by Crippen LogP contribution is 2.32. The number of benzene rings is 1. The van der Waals surface area contributed by atoms with Crippen LogP contribution in [0.25, 0.3) is 5.69 Å². The molecule has 1 atom stereocenters. The maximum Gasteiger partial charge on any atom is 0.408 e. The van der Waals surface area contributed by atoms with Crippen molar-refractivity contribution in [2.45, 2.75) is 55.2 Å². The minimum atomic E-state index is -0.550. The Balaban J connectivity index is 1.17. The van der Waals surface area contributed by atoms with Gasteiger partial charge in [-0.15, -0.1) is 0 Å². The number of nitrogens with zero attached hydrogens (tertiary/aromatic N) is 4. The maximum atomic E-state index is 12.0. The first-order chi connectivity index (χ1) is 20.0. The molecule has 2 aromatic heterocycles. The van der Waals surface area contributed by atoms with Crippen molar-refractivity contribution in [1.82, 2.24) is 24.9 Å². The van der Waals surface area contributed by atoms with Gasteiger partial charge in [-0.05, 0) is 56.4 Å². The number of phenols is 1. The van der Waals surface area contributed by atoms with Crippen molar-refractivity contribution in [1.29, 1.82) is 0 Å². The highest BCUT2D eigenvalue weighted by atomic mass is 32.2. The normalized spacial score (nSPS) is 17.4. The fourth-order valence-corrected chi connectivity index (χ4v) is 5.83. The van der Waals surface area contributed by atoms with E-state index in [2.05, 4.69) is 43.8 Å². The van der Waals surface area contributed by atoms with Gasteiger partial charge in [-0.3, -0.25) is 9.55 Å². The van der Waals surface area contributed by atoms with E-state index < -0.39 is 6.09 Å². The molecule has 1 amide bonds. The Kier molecular flexibility index (Phi) is 9.80. The summed E-state index contributed by atoms with van der Waals surface area (Å²) in [4.78, 5) is 20.9. The van der Waals surface area contributed by atoms with E-state index in [4.69, 9.17) is 9.47 Å². The quantitative estimate of drug-likeness (QED) is 0.260. The number of aromatic hydroxyl groups is 1. The fourth-order valence-electron chi connectivity index (χ4n) is 4.65. The molecule has 3 heterocycles. The zero-order chi connectivity index (χ0) is 28.4. The van der Waals surface area contributed by atoms with Crippen LogP contribution in [0, 0.1) is 11.8 Å². The zero-order valence-corrected chi connectivity index (χ0v) is 23.4. The molecule has 11 heteroatoms. The standard InChI is InChI=1S/C30H33N5O5S/c36-28-18-26(11-10-22(28)6-5-17-39-30(37)33-23-12-15-34(38)16-13-23)40-21-25-20-32-29(41-27-8-2-1-3-9-27)35(25)24-7-4-14-31-19-24/h2,4,7-8,10-11,14,18-20,23,27,36,38H,1,3,9,12-13,15-17,21H2,(H,33,37). The number of amides is 1. The smallest absolute Gasteiger partial charge is 0.408 e. The lowest BCUT2D eigenvalue weighted by atomic mass is 10.1. The topological polar surface area (TPSA) is 122 Å². The number of piperidine rings is 1. The number of rotatable bonds is 8. The van der Waals surface area contributed by atoms with Gasteiger partial charge in [0.15, 0.2) is 11.8 Å². The first-order valence-electron chi connectivity index (χ1n) is 13.7. The van der Waals surface area contributed by atoms with Crippen molar-refractivity contribution in [2.24, 2.45) is 0 Å². The van der Waals surface area contributed by atoms with Gasteiger partial charge in [0.2, 0.25) is 0 Å². The maximum absolute atomic E-state index is 12.0. The summed E-state index contributed by atoms with van der Waals surface area (Å²) in [6.45, 7) is 1.15. The summed E-state index contributed by atoms with van der Waals surface area (Å²) in [5.74, 6) is 6.03. The summed E-state index contributed by atoms with van der Waals surface area (Å²) in [5, 5.41) is 25.2. The summed E-state index contributed by atoms with van der Waals surface area (Å²) in [7, 11) is 0. The summed E-state index contributed by atoms with van der Waals surface area (Å²) in [6.07, 6.45) is 14.0. The minimum Gasteiger partial charge on any atom is -0.507 e. The number of pyridine rings is 1. The second kappa shape index (κ2) is 14.1. The predicted octanol–water partition coefficient (Wildman–Crippen LogP) is 4.68. The number of carbonyl (C=O) groups is 1.